The number of anilines is 1. The highest BCUT2D eigenvalue weighted by atomic mass is 35.5. The molecule has 0 bridgehead atoms. The summed E-state index contributed by atoms with van der Waals surface area (Å²) in [4.78, 5) is 4.37. The first-order valence-electron chi connectivity index (χ1n) is 10.9. The number of tetrazole rings is 1. The van der Waals surface area contributed by atoms with E-state index >= 15 is 0 Å². The zero-order chi connectivity index (χ0) is 23.2. The van der Waals surface area contributed by atoms with Gasteiger partial charge in [-0.2, -0.15) is 0 Å². The molecule has 9 nitrogen and oxygen atoms in total. The molecular weight excluding hydrogens is 463 g/mol. The van der Waals surface area contributed by atoms with Crippen LogP contribution >= 0.6 is 0 Å². The zero-order valence-corrected chi connectivity index (χ0v) is 20.3. The molecule has 2 heterocycles. The smallest absolute Gasteiger partial charge is 0.173 e. The van der Waals surface area contributed by atoms with Gasteiger partial charge in [0.25, 0.3) is 0 Å². The van der Waals surface area contributed by atoms with Crippen molar-refractivity contribution in [3.05, 3.63) is 59.7 Å². The lowest BCUT2D eigenvalue weighted by Crippen LogP contribution is -3.00. The van der Waals surface area contributed by atoms with Gasteiger partial charge >= 0.3 is 0 Å². The fourth-order valence-corrected chi connectivity index (χ4v) is 4.22. The van der Waals surface area contributed by atoms with Gasteiger partial charge in [-0.1, -0.05) is 12.1 Å². The number of benzene rings is 2. The summed E-state index contributed by atoms with van der Waals surface area (Å²) in [6.45, 7) is 3.77. The maximum Gasteiger partial charge on any atom is 0.173 e. The fraction of sp³-hybridized carbons (Fsp3) is 0.435. The van der Waals surface area contributed by atoms with Gasteiger partial charge in [0.2, 0.25) is 0 Å². The number of para-hydroxylation sites is 1. The van der Waals surface area contributed by atoms with Gasteiger partial charge in [-0.05, 0) is 34.7 Å². The second kappa shape index (κ2) is 12.0. The van der Waals surface area contributed by atoms with Gasteiger partial charge in [0.05, 0.1) is 33.1 Å². The third kappa shape index (κ3) is 5.40. The molecule has 1 unspecified atom stereocenters. The quantitative estimate of drug-likeness (QED) is 0.392. The largest absolute Gasteiger partial charge is 1.00 e. The third-order valence-corrected chi connectivity index (χ3v) is 5.92. The van der Waals surface area contributed by atoms with E-state index < -0.39 is 0 Å². The number of hydrogen-bond acceptors (Lipinski definition) is 8. The molecule has 2 aromatic carbocycles. The van der Waals surface area contributed by atoms with Crippen molar-refractivity contribution in [3.8, 4) is 11.5 Å². The van der Waals surface area contributed by atoms with Crippen molar-refractivity contribution < 1.29 is 31.0 Å². The van der Waals surface area contributed by atoms with Crippen LogP contribution in [-0.2, 0) is 11.3 Å². The van der Waals surface area contributed by atoms with Gasteiger partial charge in [-0.15, -0.1) is 5.10 Å². The molecule has 4 rings (SSSR count). The molecule has 1 aromatic heterocycles. The molecule has 184 valence electrons. The van der Waals surface area contributed by atoms with E-state index in [1.54, 1.807) is 32.1 Å². The molecule has 0 aliphatic carbocycles. The first kappa shape index (κ1) is 25.7. The van der Waals surface area contributed by atoms with Crippen molar-refractivity contribution in [3.63, 3.8) is 0 Å². The predicted molar refractivity (Wildman–Crippen MR) is 121 cm³/mol. The lowest BCUT2D eigenvalue weighted by atomic mass is 10.0. The summed E-state index contributed by atoms with van der Waals surface area (Å²) in [5, 5.41) is 12.5. The van der Waals surface area contributed by atoms with Crippen LogP contribution in [-0.4, -0.2) is 79.2 Å². The van der Waals surface area contributed by atoms with E-state index in [4.69, 9.17) is 14.2 Å². The molecule has 0 saturated carbocycles. The first-order chi connectivity index (χ1) is 16.2. The van der Waals surface area contributed by atoms with Crippen LogP contribution < -0.4 is 26.8 Å². The molecule has 0 spiro atoms. The third-order valence-electron chi connectivity index (χ3n) is 5.92. The van der Waals surface area contributed by atoms with Crippen LogP contribution in [0.2, 0.25) is 0 Å². The van der Waals surface area contributed by atoms with Crippen molar-refractivity contribution in [1.82, 2.24) is 25.1 Å². The molecular formula is C23H29ClFN6O3-. The van der Waals surface area contributed by atoms with E-state index in [9.17, 15) is 4.39 Å². The standard InChI is InChI=1S/C23H29FN6O3.ClH/c1-31-15-14-30-23(25-26-27-30)22(18-9-8-17(32-2)16-21(18)33-3)29-12-10-28(11-13-29)20-7-5-4-6-19(20)24;/h4-9,16,22H,10-15H2,1-3H3;1H/p-1. The summed E-state index contributed by atoms with van der Waals surface area (Å²) >= 11 is 0. The van der Waals surface area contributed by atoms with E-state index in [2.05, 4.69) is 25.3 Å². The van der Waals surface area contributed by atoms with Crippen molar-refractivity contribution in [2.75, 3.05) is 59.0 Å². The van der Waals surface area contributed by atoms with Gasteiger partial charge in [-0.25, -0.2) is 9.07 Å². The zero-order valence-electron chi connectivity index (χ0n) is 19.5. The Labute approximate surface area is 204 Å². The number of rotatable bonds is 9. The van der Waals surface area contributed by atoms with E-state index in [-0.39, 0.29) is 24.3 Å². The molecule has 0 amide bonds. The van der Waals surface area contributed by atoms with Crippen molar-refractivity contribution in [2.45, 2.75) is 12.6 Å². The SMILES string of the molecule is COCCn1nnnc1C(c1ccc(OC)cc1OC)N1CCN(c2ccccc2F)CC1.[Cl-]. The highest BCUT2D eigenvalue weighted by Crippen LogP contribution is 2.37. The maximum atomic E-state index is 14.3. The molecule has 34 heavy (non-hydrogen) atoms. The topological polar surface area (TPSA) is 77.8 Å². The lowest BCUT2D eigenvalue weighted by Gasteiger charge is -2.40. The Hall–Kier alpha value is -2.95. The minimum absolute atomic E-state index is 0. The molecule has 1 fully saturated rings. The summed E-state index contributed by atoms with van der Waals surface area (Å²) < 4.78 is 32.4. The molecule has 3 aromatic rings. The number of piperazine rings is 1. The summed E-state index contributed by atoms with van der Waals surface area (Å²) in [6, 6.07) is 12.4. The Morgan fingerprint density at radius 3 is 2.44 bits per heavy atom. The average Bonchev–Trinajstić information content (AvgIpc) is 3.32. The van der Waals surface area contributed by atoms with Crippen LogP contribution in [0.15, 0.2) is 42.5 Å². The van der Waals surface area contributed by atoms with E-state index in [1.165, 1.54) is 6.07 Å². The number of methoxy groups -OCH3 is 3. The Bertz CT molecular complexity index is 1060. The number of halogens is 2. The lowest BCUT2D eigenvalue weighted by molar-refractivity contribution is -0.00000847. The van der Waals surface area contributed by atoms with Gasteiger partial charge < -0.3 is 31.5 Å². The average molecular weight is 492 g/mol. The van der Waals surface area contributed by atoms with Gasteiger partial charge in [0.15, 0.2) is 5.82 Å². The minimum Gasteiger partial charge on any atom is -1.00 e. The summed E-state index contributed by atoms with van der Waals surface area (Å²) in [6.07, 6.45) is 0. The van der Waals surface area contributed by atoms with Crippen molar-refractivity contribution >= 4 is 5.69 Å². The Kier molecular flexibility index (Phi) is 9.03. The Morgan fingerprint density at radius 2 is 1.76 bits per heavy atom. The molecule has 1 aliphatic rings. The van der Waals surface area contributed by atoms with Crippen LogP contribution in [0.4, 0.5) is 10.1 Å². The van der Waals surface area contributed by atoms with Gasteiger partial charge in [0, 0.05) is 44.9 Å². The molecule has 11 heteroatoms. The van der Waals surface area contributed by atoms with Gasteiger partial charge in [0.1, 0.15) is 23.4 Å². The second-order valence-electron chi connectivity index (χ2n) is 7.74. The van der Waals surface area contributed by atoms with Crippen LogP contribution in [0, 0.1) is 5.82 Å². The maximum absolute atomic E-state index is 14.3. The number of ether oxygens (including phenoxy) is 3. The van der Waals surface area contributed by atoms with Gasteiger partial charge in [-0.3, -0.25) is 4.90 Å². The Morgan fingerprint density at radius 1 is 1.00 bits per heavy atom. The summed E-state index contributed by atoms with van der Waals surface area (Å²) in [7, 11) is 4.91. The first-order valence-corrected chi connectivity index (χ1v) is 10.9. The van der Waals surface area contributed by atoms with Crippen LogP contribution in [0.5, 0.6) is 11.5 Å². The monoisotopic (exact) mass is 491 g/mol. The highest BCUT2D eigenvalue weighted by Gasteiger charge is 2.33. The normalized spacial score (nSPS) is 15.0. The molecule has 0 radical (unpaired) electrons. The molecule has 1 aliphatic heterocycles. The Balaban J connectivity index is 0.00000324. The van der Waals surface area contributed by atoms with Crippen LogP contribution in [0.3, 0.4) is 0 Å². The highest BCUT2D eigenvalue weighted by molar-refractivity contribution is 5.48. The van der Waals surface area contributed by atoms with E-state index in [0.29, 0.717) is 62.3 Å². The summed E-state index contributed by atoms with van der Waals surface area (Å²) in [5.41, 5.74) is 1.56. The van der Waals surface area contributed by atoms with Crippen LogP contribution in [0.25, 0.3) is 0 Å². The van der Waals surface area contributed by atoms with E-state index in [1.807, 2.05) is 30.3 Å². The van der Waals surface area contributed by atoms with Crippen molar-refractivity contribution in [1.29, 1.82) is 0 Å². The number of aromatic nitrogens is 4. The molecule has 1 atom stereocenters. The number of nitrogens with zero attached hydrogens (tertiary/aromatic N) is 6. The van der Waals surface area contributed by atoms with Crippen LogP contribution in [0.1, 0.15) is 17.4 Å². The molecule has 1 saturated heterocycles. The second-order valence-corrected chi connectivity index (χ2v) is 7.74. The number of hydrogen-bond donors (Lipinski definition) is 0. The fourth-order valence-electron chi connectivity index (χ4n) is 4.22. The molecule has 0 N–H and O–H groups in total. The predicted octanol–water partition coefficient (Wildman–Crippen LogP) is -0.609. The van der Waals surface area contributed by atoms with E-state index in [0.717, 1.165) is 5.56 Å². The van der Waals surface area contributed by atoms with Crippen molar-refractivity contribution in [2.24, 2.45) is 0 Å². The minimum atomic E-state index is -0.250. The summed E-state index contributed by atoms with van der Waals surface area (Å²) in [5.74, 6) is 1.90.